The van der Waals surface area contributed by atoms with Gasteiger partial charge in [-0.05, 0) is 56.0 Å². The quantitative estimate of drug-likeness (QED) is 0.277. The number of aliphatic hydroxyl groups excluding tert-OH is 1. The van der Waals surface area contributed by atoms with Gasteiger partial charge in [0, 0.05) is 18.3 Å². The molecule has 206 valence electrons. The zero-order chi connectivity index (χ0) is 27.6. The molecule has 2 aliphatic rings. The number of hydrogen-bond acceptors (Lipinski definition) is 10. The van der Waals surface area contributed by atoms with Gasteiger partial charge in [0.25, 0.3) is 5.91 Å². The van der Waals surface area contributed by atoms with E-state index in [1.54, 1.807) is 13.0 Å². The number of aliphatic hydroxyl groups is 1. The number of nitrogens with two attached hydrogens (primary N) is 1. The molecule has 1 aliphatic carbocycles. The van der Waals surface area contributed by atoms with E-state index >= 15 is 0 Å². The van der Waals surface area contributed by atoms with Gasteiger partial charge in [0.05, 0.1) is 43.5 Å². The van der Waals surface area contributed by atoms with Gasteiger partial charge in [0.1, 0.15) is 11.2 Å². The first kappa shape index (κ1) is 26.7. The third-order valence-electron chi connectivity index (χ3n) is 6.59. The lowest BCUT2D eigenvalue weighted by Crippen LogP contribution is -2.56. The number of carbonyl (C=O) groups excluding carboxylic acids is 2. The van der Waals surface area contributed by atoms with Gasteiger partial charge in [-0.3, -0.25) is 9.59 Å². The van der Waals surface area contributed by atoms with Crippen molar-refractivity contribution in [2.45, 2.75) is 25.6 Å². The van der Waals surface area contributed by atoms with Crippen LogP contribution in [0.25, 0.3) is 22.6 Å². The van der Waals surface area contributed by atoms with Crippen LogP contribution in [0.2, 0.25) is 0 Å². The molecule has 0 atom stereocenters. The minimum Gasteiger partial charge on any atom is -0.465 e. The summed E-state index contributed by atoms with van der Waals surface area (Å²) in [7, 11) is 0. The van der Waals surface area contributed by atoms with Gasteiger partial charge in [0.2, 0.25) is 5.95 Å². The standard InChI is InChI=1S/C26H29FN6O6/c1-25(23(36)37-12-15-2-3-15)13-38-26(21(28)35,39-14-25)22-32-19(16-4-6-17(27)7-5-16)20(33-22)18-8-9-29-24(31-18)30-10-11-34/h4-9,15,34H,2-3,10-14H2,1H3,(H2,28,35)(H,32,33)(H,29,30,31). The fourth-order valence-corrected chi connectivity index (χ4v) is 4.05. The van der Waals surface area contributed by atoms with Crippen LogP contribution < -0.4 is 11.1 Å². The Hall–Kier alpha value is -3.94. The average Bonchev–Trinajstić information content (AvgIpc) is 3.67. The van der Waals surface area contributed by atoms with E-state index in [1.165, 1.54) is 30.5 Å². The van der Waals surface area contributed by atoms with Gasteiger partial charge in [-0.1, -0.05) is 0 Å². The molecule has 2 fully saturated rings. The predicted molar refractivity (Wildman–Crippen MR) is 135 cm³/mol. The van der Waals surface area contributed by atoms with E-state index in [9.17, 15) is 14.0 Å². The Morgan fingerprint density at radius 1 is 1.21 bits per heavy atom. The average molecular weight is 541 g/mol. The summed E-state index contributed by atoms with van der Waals surface area (Å²) in [6.45, 7) is 1.68. The van der Waals surface area contributed by atoms with Crippen LogP contribution >= 0.6 is 0 Å². The number of aromatic amines is 1. The Labute approximate surface area is 223 Å². The van der Waals surface area contributed by atoms with Gasteiger partial charge in [-0.25, -0.2) is 19.3 Å². The van der Waals surface area contributed by atoms with E-state index in [4.69, 9.17) is 25.1 Å². The van der Waals surface area contributed by atoms with E-state index in [2.05, 4.69) is 25.3 Å². The number of imidazole rings is 1. The highest BCUT2D eigenvalue weighted by atomic mass is 19.1. The van der Waals surface area contributed by atoms with Crippen molar-refractivity contribution < 1.29 is 33.3 Å². The van der Waals surface area contributed by atoms with Crippen LogP contribution in [0.4, 0.5) is 10.3 Å². The molecule has 3 heterocycles. The number of rotatable bonds is 10. The minimum atomic E-state index is -2.13. The predicted octanol–water partition coefficient (Wildman–Crippen LogP) is 1.72. The molecule has 1 aromatic carbocycles. The monoisotopic (exact) mass is 540 g/mol. The van der Waals surface area contributed by atoms with Gasteiger partial charge in [-0.2, -0.15) is 0 Å². The molecule has 0 unspecified atom stereocenters. The summed E-state index contributed by atoms with van der Waals surface area (Å²) in [5.41, 5.74) is 6.19. The van der Waals surface area contributed by atoms with Gasteiger partial charge >= 0.3 is 11.8 Å². The fourth-order valence-electron chi connectivity index (χ4n) is 4.05. The molecule has 1 amide bonds. The van der Waals surface area contributed by atoms with Crippen molar-refractivity contribution in [3.05, 3.63) is 48.2 Å². The highest BCUT2D eigenvalue weighted by Crippen LogP contribution is 2.40. The van der Waals surface area contributed by atoms with Crippen LogP contribution in [0.15, 0.2) is 36.5 Å². The molecule has 12 nitrogen and oxygen atoms in total. The third kappa shape index (κ3) is 5.46. The van der Waals surface area contributed by atoms with Crippen LogP contribution in [0.5, 0.6) is 0 Å². The lowest BCUT2D eigenvalue weighted by atomic mass is 9.91. The molecule has 0 radical (unpaired) electrons. The number of amides is 1. The first-order valence-electron chi connectivity index (χ1n) is 12.5. The van der Waals surface area contributed by atoms with Gasteiger partial charge in [-0.15, -0.1) is 0 Å². The molecule has 3 aromatic rings. The maximum absolute atomic E-state index is 13.7. The molecule has 13 heteroatoms. The number of hydrogen-bond donors (Lipinski definition) is 4. The fraction of sp³-hybridized carbons (Fsp3) is 0.423. The molecule has 1 saturated carbocycles. The van der Waals surface area contributed by atoms with Crippen LogP contribution in [0.1, 0.15) is 25.6 Å². The van der Waals surface area contributed by atoms with Crippen molar-refractivity contribution in [1.29, 1.82) is 0 Å². The first-order valence-corrected chi connectivity index (χ1v) is 12.5. The maximum atomic E-state index is 13.7. The Bertz CT molecular complexity index is 1350. The summed E-state index contributed by atoms with van der Waals surface area (Å²) in [5.74, 6) is -3.46. The Balaban J connectivity index is 1.50. The number of carbonyl (C=O) groups is 2. The van der Waals surface area contributed by atoms with Crippen molar-refractivity contribution in [3.63, 3.8) is 0 Å². The van der Waals surface area contributed by atoms with E-state index in [1.807, 2.05) is 0 Å². The molecule has 0 bridgehead atoms. The van der Waals surface area contributed by atoms with Crippen molar-refractivity contribution in [2.24, 2.45) is 17.1 Å². The number of ether oxygens (including phenoxy) is 3. The van der Waals surface area contributed by atoms with Crippen molar-refractivity contribution >= 4 is 17.8 Å². The topological polar surface area (TPSA) is 175 Å². The summed E-state index contributed by atoms with van der Waals surface area (Å²) >= 11 is 0. The number of aromatic nitrogens is 4. The number of halogens is 1. The molecule has 1 saturated heterocycles. The summed E-state index contributed by atoms with van der Waals surface area (Å²) in [6, 6.07) is 7.21. The number of benzene rings is 1. The smallest absolute Gasteiger partial charge is 0.316 e. The van der Waals surface area contributed by atoms with E-state index in [0.717, 1.165) is 12.8 Å². The molecule has 2 aromatic heterocycles. The highest BCUT2D eigenvalue weighted by Gasteiger charge is 2.54. The highest BCUT2D eigenvalue weighted by molar-refractivity contribution is 5.85. The number of H-pyrrole nitrogens is 1. The van der Waals surface area contributed by atoms with Crippen LogP contribution in [0, 0.1) is 17.2 Å². The first-order chi connectivity index (χ1) is 18.7. The Kier molecular flexibility index (Phi) is 7.30. The Morgan fingerprint density at radius 3 is 2.56 bits per heavy atom. The van der Waals surface area contributed by atoms with Gasteiger partial charge < -0.3 is 35.4 Å². The SMILES string of the molecule is CC1(C(=O)OCC2CC2)COC(C(N)=O)(c2nc(-c3ccc(F)cc3)c(-c3ccnc(NCCO)n3)[nH]2)OC1. The van der Waals surface area contributed by atoms with Crippen molar-refractivity contribution in [2.75, 3.05) is 38.3 Å². The molecule has 5 rings (SSSR count). The zero-order valence-corrected chi connectivity index (χ0v) is 21.3. The van der Waals surface area contributed by atoms with E-state index in [0.29, 0.717) is 35.2 Å². The number of nitrogens with one attached hydrogen (secondary N) is 2. The second-order valence-corrected chi connectivity index (χ2v) is 9.89. The maximum Gasteiger partial charge on any atom is 0.316 e. The molecular weight excluding hydrogens is 511 g/mol. The Morgan fingerprint density at radius 2 is 1.92 bits per heavy atom. The molecule has 5 N–H and O–H groups in total. The van der Waals surface area contributed by atoms with Crippen molar-refractivity contribution in [3.8, 4) is 22.6 Å². The van der Waals surface area contributed by atoms with Crippen LogP contribution in [-0.2, 0) is 29.6 Å². The lowest BCUT2D eigenvalue weighted by molar-refractivity contribution is -0.293. The van der Waals surface area contributed by atoms with Crippen LogP contribution in [0.3, 0.4) is 0 Å². The zero-order valence-electron chi connectivity index (χ0n) is 21.3. The normalized spacial score (nSPS) is 22.8. The summed E-state index contributed by atoms with van der Waals surface area (Å²) in [5, 5.41) is 12.0. The second kappa shape index (κ2) is 10.7. The van der Waals surface area contributed by atoms with Gasteiger partial charge in [0.15, 0.2) is 5.82 Å². The molecular formula is C26H29FN6O6. The number of primary amides is 1. The summed E-state index contributed by atoms with van der Waals surface area (Å²) in [4.78, 5) is 41.8. The largest absolute Gasteiger partial charge is 0.465 e. The molecule has 0 spiro atoms. The third-order valence-corrected chi connectivity index (χ3v) is 6.59. The van der Waals surface area contributed by atoms with E-state index < -0.39 is 28.9 Å². The van der Waals surface area contributed by atoms with Crippen LogP contribution in [-0.4, -0.2) is 69.9 Å². The lowest BCUT2D eigenvalue weighted by Gasteiger charge is -2.40. The molecule has 1 aliphatic heterocycles. The molecule has 39 heavy (non-hydrogen) atoms. The number of nitrogens with zero attached hydrogens (tertiary/aromatic N) is 3. The minimum absolute atomic E-state index is 0.0683. The summed E-state index contributed by atoms with van der Waals surface area (Å²) < 4.78 is 30.9. The van der Waals surface area contributed by atoms with E-state index in [-0.39, 0.29) is 38.1 Å². The number of esters is 1. The van der Waals surface area contributed by atoms with Crippen molar-refractivity contribution in [1.82, 2.24) is 19.9 Å². The number of anilines is 1. The second-order valence-electron chi connectivity index (χ2n) is 9.89. The summed E-state index contributed by atoms with van der Waals surface area (Å²) in [6.07, 6.45) is 3.57.